The Morgan fingerprint density at radius 2 is 1.73 bits per heavy atom. The smallest absolute Gasteiger partial charge is 0.168 e. The van der Waals surface area contributed by atoms with Gasteiger partial charge < -0.3 is 5.32 Å². The summed E-state index contributed by atoms with van der Waals surface area (Å²) in [5.74, 6) is 0.877. The van der Waals surface area contributed by atoms with Crippen molar-refractivity contribution < 1.29 is 4.57 Å². The van der Waals surface area contributed by atoms with Gasteiger partial charge in [0.05, 0.1) is 0 Å². The van der Waals surface area contributed by atoms with Crippen molar-refractivity contribution in [1.29, 1.82) is 0 Å². The van der Waals surface area contributed by atoms with Gasteiger partial charge in [-0.25, -0.2) is 4.57 Å². The first-order valence-corrected chi connectivity index (χ1v) is 6.00. The Hall–Kier alpha value is -0.890. The lowest BCUT2D eigenvalue weighted by atomic mass is 9.86. The first-order chi connectivity index (χ1) is 7.38. The van der Waals surface area contributed by atoms with Gasteiger partial charge in [-0.1, -0.05) is 6.07 Å². The second-order valence-electron chi connectivity index (χ2n) is 4.58. The fourth-order valence-electron chi connectivity index (χ4n) is 2.49. The van der Waals surface area contributed by atoms with Gasteiger partial charge in [0.15, 0.2) is 18.9 Å². The van der Waals surface area contributed by atoms with Crippen molar-refractivity contribution in [2.75, 3.05) is 7.05 Å². The summed E-state index contributed by atoms with van der Waals surface area (Å²) in [6, 6.07) is 7.06. The van der Waals surface area contributed by atoms with Crippen molar-refractivity contribution in [2.24, 2.45) is 5.92 Å². The largest absolute Gasteiger partial charge is 0.317 e. The van der Waals surface area contributed by atoms with E-state index in [0.29, 0.717) is 0 Å². The summed E-state index contributed by atoms with van der Waals surface area (Å²) in [5.41, 5.74) is 0. The van der Waals surface area contributed by atoms with Gasteiger partial charge in [0.2, 0.25) is 0 Å². The molecule has 1 fully saturated rings. The minimum absolute atomic E-state index is 0.766. The summed E-state index contributed by atoms with van der Waals surface area (Å²) in [4.78, 5) is 0. The van der Waals surface area contributed by atoms with Crippen molar-refractivity contribution in [3.05, 3.63) is 30.6 Å². The molecule has 1 heterocycles. The van der Waals surface area contributed by atoms with Crippen LogP contribution in [-0.2, 0) is 6.54 Å². The summed E-state index contributed by atoms with van der Waals surface area (Å²) in [7, 11) is 2.08. The predicted octanol–water partition coefficient (Wildman–Crippen LogP) is 1.75. The average Bonchev–Trinajstić information content (AvgIpc) is 2.31. The van der Waals surface area contributed by atoms with Crippen LogP contribution in [0.4, 0.5) is 0 Å². The fraction of sp³-hybridized carbons (Fsp3) is 0.615. The van der Waals surface area contributed by atoms with Crippen LogP contribution in [0.15, 0.2) is 30.6 Å². The van der Waals surface area contributed by atoms with E-state index in [1.54, 1.807) is 0 Å². The molecule has 0 radical (unpaired) electrons. The highest BCUT2D eigenvalue weighted by Gasteiger charge is 2.22. The van der Waals surface area contributed by atoms with E-state index >= 15 is 0 Å². The summed E-state index contributed by atoms with van der Waals surface area (Å²) in [6.07, 6.45) is 9.76. The maximum absolute atomic E-state index is 3.38. The number of pyridine rings is 1. The molecule has 2 heteroatoms. The molecule has 0 unspecified atom stereocenters. The van der Waals surface area contributed by atoms with E-state index in [2.05, 4.69) is 47.5 Å². The van der Waals surface area contributed by atoms with Gasteiger partial charge in [0, 0.05) is 24.1 Å². The van der Waals surface area contributed by atoms with Crippen LogP contribution in [0.2, 0.25) is 0 Å². The van der Waals surface area contributed by atoms with E-state index in [0.717, 1.165) is 12.0 Å². The molecule has 2 nitrogen and oxygen atoms in total. The van der Waals surface area contributed by atoms with Gasteiger partial charge in [0.1, 0.15) is 0 Å². The second-order valence-corrected chi connectivity index (χ2v) is 4.58. The molecule has 2 rings (SSSR count). The molecule has 1 aliphatic carbocycles. The predicted molar refractivity (Wildman–Crippen MR) is 61.4 cm³/mol. The van der Waals surface area contributed by atoms with E-state index in [1.165, 1.54) is 32.2 Å². The van der Waals surface area contributed by atoms with Crippen LogP contribution in [0.3, 0.4) is 0 Å². The Balaban J connectivity index is 1.82. The molecule has 1 aliphatic rings. The quantitative estimate of drug-likeness (QED) is 0.743. The zero-order chi connectivity index (χ0) is 10.5. The van der Waals surface area contributed by atoms with Crippen LogP contribution in [-0.4, -0.2) is 13.1 Å². The molecule has 0 saturated heterocycles. The van der Waals surface area contributed by atoms with Crippen molar-refractivity contribution in [3.63, 3.8) is 0 Å². The molecular weight excluding hydrogens is 184 g/mol. The van der Waals surface area contributed by atoms with E-state index in [9.17, 15) is 0 Å². The summed E-state index contributed by atoms with van der Waals surface area (Å²) in [5, 5.41) is 3.38. The monoisotopic (exact) mass is 205 g/mol. The summed E-state index contributed by atoms with van der Waals surface area (Å²) >= 11 is 0. The SMILES string of the molecule is CNC1CCC(C[n+]2ccccc2)CC1. The molecule has 1 saturated carbocycles. The molecular formula is C13H21N2+. The lowest BCUT2D eigenvalue weighted by molar-refractivity contribution is -0.703. The Morgan fingerprint density at radius 3 is 2.33 bits per heavy atom. The lowest BCUT2D eigenvalue weighted by Crippen LogP contribution is -2.39. The molecule has 1 aromatic rings. The van der Waals surface area contributed by atoms with Gasteiger partial charge >= 0.3 is 0 Å². The lowest BCUT2D eigenvalue weighted by Gasteiger charge is -2.26. The van der Waals surface area contributed by atoms with Gasteiger partial charge in [0.25, 0.3) is 0 Å². The van der Waals surface area contributed by atoms with Crippen LogP contribution in [0.25, 0.3) is 0 Å². The number of hydrogen-bond donors (Lipinski definition) is 1. The maximum Gasteiger partial charge on any atom is 0.168 e. The fourth-order valence-corrected chi connectivity index (χ4v) is 2.49. The summed E-state index contributed by atoms with van der Waals surface area (Å²) < 4.78 is 2.31. The van der Waals surface area contributed by atoms with E-state index in [1.807, 2.05) is 0 Å². The van der Waals surface area contributed by atoms with Crippen LogP contribution < -0.4 is 9.88 Å². The molecule has 1 N–H and O–H groups in total. The van der Waals surface area contributed by atoms with Gasteiger partial charge in [-0.05, 0) is 32.7 Å². The minimum atomic E-state index is 0.766. The maximum atomic E-state index is 3.38. The number of rotatable bonds is 3. The molecule has 0 bridgehead atoms. The highest BCUT2D eigenvalue weighted by atomic mass is 14.9. The van der Waals surface area contributed by atoms with Crippen LogP contribution >= 0.6 is 0 Å². The molecule has 0 aromatic carbocycles. The van der Waals surface area contributed by atoms with Gasteiger partial charge in [-0.15, -0.1) is 0 Å². The number of aromatic nitrogens is 1. The molecule has 0 atom stereocenters. The van der Waals surface area contributed by atoms with E-state index < -0.39 is 0 Å². The zero-order valence-corrected chi connectivity index (χ0v) is 9.52. The molecule has 15 heavy (non-hydrogen) atoms. The van der Waals surface area contributed by atoms with Gasteiger partial charge in [-0.3, -0.25) is 0 Å². The topological polar surface area (TPSA) is 15.9 Å². The zero-order valence-electron chi connectivity index (χ0n) is 9.52. The third kappa shape index (κ3) is 3.03. The molecule has 0 amide bonds. The third-order valence-electron chi connectivity index (χ3n) is 3.50. The van der Waals surface area contributed by atoms with Crippen molar-refractivity contribution in [3.8, 4) is 0 Å². The molecule has 82 valence electrons. The number of nitrogens with zero attached hydrogens (tertiary/aromatic N) is 1. The third-order valence-corrected chi connectivity index (χ3v) is 3.50. The molecule has 1 aromatic heterocycles. The van der Waals surface area contributed by atoms with Crippen molar-refractivity contribution in [2.45, 2.75) is 38.3 Å². The normalized spacial score (nSPS) is 26.5. The van der Waals surface area contributed by atoms with Crippen molar-refractivity contribution in [1.82, 2.24) is 5.32 Å². The number of nitrogens with one attached hydrogen (secondary N) is 1. The summed E-state index contributed by atoms with van der Waals surface area (Å²) in [6.45, 7) is 1.19. The minimum Gasteiger partial charge on any atom is -0.317 e. The van der Waals surface area contributed by atoms with Crippen molar-refractivity contribution >= 4 is 0 Å². The average molecular weight is 205 g/mol. The first-order valence-electron chi connectivity index (χ1n) is 6.00. The van der Waals surface area contributed by atoms with Gasteiger partial charge in [-0.2, -0.15) is 0 Å². The Bertz CT molecular complexity index is 276. The standard InChI is InChI=1S/C13H21N2/c1-14-13-7-5-12(6-8-13)11-15-9-3-2-4-10-15/h2-4,9-10,12-14H,5-8,11H2,1H3/q+1. The Labute approximate surface area is 92.3 Å². The second kappa shape index (κ2) is 5.26. The molecule has 0 aliphatic heterocycles. The van der Waals surface area contributed by atoms with Crippen LogP contribution in [0, 0.1) is 5.92 Å². The highest BCUT2D eigenvalue weighted by molar-refractivity contribution is 4.84. The van der Waals surface area contributed by atoms with E-state index in [4.69, 9.17) is 0 Å². The van der Waals surface area contributed by atoms with Crippen LogP contribution in [0.1, 0.15) is 25.7 Å². The Kier molecular flexibility index (Phi) is 3.73. The van der Waals surface area contributed by atoms with E-state index in [-0.39, 0.29) is 0 Å². The highest BCUT2D eigenvalue weighted by Crippen LogP contribution is 2.23. The Morgan fingerprint density at radius 1 is 1.07 bits per heavy atom. The first kappa shape index (κ1) is 10.6. The molecule has 0 spiro atoms. The van der Waals surface area contributed by atoms with Crippen LogP contribution in [0.5, 0.6) is 0 Å². The number of hydrogen-bond acceptors (Lipinski definition) is 1.